The first-order valence-corrected chi connectivity index (χ1v) is 24.4. The Morgan fingerprint density at radius 1 is 0.483 bits per heavy atom. The van der Waals surface area contributed by atoms with Crippen molar-refractivity contribution in [2.45, 2.75) is 65.5 Å². The van der Waals surface area contributed by atoms with E-state index in [2.05, 4.69) is 29.3 Å². The molecule has 2 fully saturated rings. The summed E-state index contributed by atoms with van der Waals surface area (Å²) in [5, 5.41) is 0. The van der Waals surface area contributed by atoms with Gasteiger partial charge in [0.25, 0.3) is 0 Å². The van der Waals surface area contributed by atoms with Gasteiger partial charge in [0, 0.05) is 10.6 Å². The van der Waals surface area contributed by atoms with Crippen molar-refractivity contribution in [1.29, 1.82) is 0 Å². The van der Waals surface area contributed by atoms with Crippen LogP contribution < -0.4 is 5.73 Å². The summed E-state index contributed by atoms with van der Waals surface area (Å²) in [6, 6.07) is 4.90. The van der Waals surface area contributed by atoms with Crippen molar-refractivity contribution < 1.29 is 134 Å². The lowest BCUT2D eigenvalue weighted by molar-refractivity contribution is -0.325. The van der Waals surface area contributed by atoms with Crippen molar-refractivity contribution in [3.8, 4) is 0 Å². The molecule has 338 valence electrons. The fourth-order valence-electron chi connectivity index (χ4n) is 4.78. The van der Waals surface area contributed by atoms with E-state index in [4.69, 9.17) is 24.5 Å². The highest BCUT2D eigenvalue weighted by molar-refractivity contribution is 7.99. The highest BCUT2D eigenvalue weighted by Crippen LogP contribution is 2.41. The Balaban J connectivity index is 2.35. The third-order valence-corrected chi connectivity index (χ3v) is 10.9. The predicted molar refractivity (Wildman–Crippen MR) is 176 cm³/mol. The maximum absolute atomic E-state index is 12.1. The first-order chi connectivity index (χ1) is 26.0. The van der Waals surface area contributed by atoms with E-state index in [9.17, 15) is 86.2 Å². The first kappa shape index (κ1) is 50.7. The van der Waals surface area contributed by atoms with Gasteiger partial charge in [0.1, 0.15) is 48.2 Å². The van der Waals surface area contributed by atoms with Crippen molar-refractivity contribution in [1.82, 2.24) is 0 Å². The highest BCUT2D eigenvalue weighted by atomic mass is 32.3. The zero-order valence-corrected chi connectivity index (χ0v) is 33.8. The molecule has 0 radical (unpaired) electrons. The van der Waals surface area contributed by atoms with E-state index in [0.717, 1.165) is 0 Å². The van der Waals surface area contributed by atoms with Crippen LogP contribution in [0.25, 0.3) is 0 Å². The van der Waals surface area contributed by atoms with Gasteiger partial charge in [-0.3, -0.25) is 31.9 Å². The molecule has 2 aliphatic heterocycles. The summed E-state index contributed by atoms with van der Waals surface area (Å²) in [4.78, 5) is 0.0107. The second-order valence-electron chi connectivity index (χ2n) is 10.7. The van der Waals surface area contributed by atoms with E-state index in [0.29, 0.717) is 11.8 Å². The SMILES string of the molecule is Nc1ccc(S[C@@H]2O[C@H](COS(=O)(=O)O)[C@@H](O[C@H]3O[C@H](COS(=O)(=O)O)[C@@H](OS(=O)(=O)O)[C@H](OS(=O)(=O)O)[C@H]3OS(=O)(=O)O)[C@H](OS(=O)(=O)O)[C@H]2OS(=O)(=O)O)cc1. The average molecular weight is 1010 g/mol. The van der Waals surface area contributed by atoms with Crippen molar-refractivity contribution in [3.05, 3.63) is 24.3 Å². The monoisotopic (exact) mass is 1010 g/mol. The van der Waals surface area contributed by atoms with Gasteiger partial charge in [-0.2, -0.15) is 58.9 Å². The maximum Gasteiger partial charge on any atom is 0.397 e. The number of anilines is 1. The van der Waals surface area contributed by atoms with Gasteiger partial charge in [0.15, 0.2) is 12.4 Å². The number of thioether (sulfide) groups is 1. The lowest BCUT2D eigenvalue weighted by Crippen LogP contribution is -2.66. The molecule has 1 aromatic carbocycles. The molecule has 0 unspecified atom stereocenters. The van der Waals surface area contributed by atoms with E-state index in [-0.39, 0.29) is 10.6 Å². The second kappa shape index (κ2) is 18.8. The molecule has 0 bridgehead atoms. The lowest BCUT2D eigenvalue weighted by atomic mass is 9.97. The van der Waals surface area contributed by atoms with Gasteiger partial charge < -0.3 is 19.9 Å². The van der Waals surface area contributed by atoms with E-state index in [1.807, 2.05) is 0 Å². The van der Waals surface area contributed by atoms with Crippen LogP contribution in [0.2, 0.25) is 0 Å². The summed E-state index contributed by atoms with van der Waals surface area (Å²) in [7, 11) is -41.3. The van der Waals surface area contributed by atoms with Gasteiger partial charge in [-0.1, -0.05) is 11.8 Å². The molecular weight excluding hydrogens is 983 g/mol. The molecule has 2 aliphatic rings. The topological polar surface area (TPSA) is 499 Å². The standard InChI is InChI=1S/C18H27NO31S8/c19-7-1-3-8(4-2-7)51-18-16(50-58(38,39)40)13(47-55(29,30)31)11(9(44-18)5-41-52(20,21)22)45-17-15(49-57(35,36)37)14(48-56(32,33)34)12(46-54(26,27)28)10(43-17)6-42-53(23,24)25/h1-4,9-18H,5-6,19H2,(H,20,21,22)(H,23,24,25)(H,26,27,28)(H,29,30,31)(H,32,33,34)(H,35,36,37)(H,38,39,40)/t9-,10-,11-,12-,13+,14+,15-,16-,17-,18+/m1/s1. The van der Waals surface area contributed by atoms with Crippen molar-refractivity contribution in [2.75, 3.05) is 18.9 Å². The zero-order chi connectivity index (χ0) is 44.4. The molecule has 40 heteroatoms. The van der Waals surface area contributed by atoms with Crippen LogP contribution in [0, 0.1) is 0 Å². The lowest BCUT2D eigenvalue weighted by Gasteiger charge is -2.48. The molecule has 0 saturated carbocycles. The summed E-state index contributed by atoms with van der Waals surface area (Å²) in [5.74, 6) is 0. The Kier molecular flexibility index (Phi) is 16.4. The van der Waals surface area contributed by atoms with Crippen molar-refractivity contribution in [3.63, 3.8) is 0 Å². The number of nitrogen functional groups attached to an aromatic ring is 1. The van der Waals surface area contributed by atoms with E-state index < -0.39 is 147 Å². The maximum atomic E-state index is 12.1. The molecule has 0 spiro atoms. The fourth-order valence-corrected chi connectivity index (χ4v) is 9.05. The number of hydrogen-bond acceptors (Lipinski definition) is 26. The molecule has 0 aliphatic carbocycles. The van der Waals surface area contributed by atoms with Crippen LogP contribution in [-0.4, -0.2) is 165 Å². The van der Waals surface area contributed by atoms with Crippen LogP contribution in [0.4, 0.5) is 5.69 Å². The normalized spacial score (nSPS) is 29.6. The molecular formula is C18H27NO31S8. The van der Waals surface area contributed by atoms with Gasteiger partial charge in [-0.05, 0) is 24.3 Å². The Bertz CT molecular complexity index is 2390. The van der Waals surface area contributed by atoms with Crippen molar-refractivity contribution >= 4 is 90.2 Å². The largest absolute Gasteiger partial charge is 0.399 e. The molecule has 2 saturated heterocycles. The molecule has 9 N–H and O–H groups in total. The number of hydrogen-bond donors (Lipinski definition) is 8. The van der Waals surface area contributed by atoms with Crippen LogP contribution in [-0.2, 0) is 116 Å². The minimum Gasteiger partial charge on any atom is -0.399 e. The third kappa shape index (κ3) is 17.7. The third-order valence-electron chi connectivity index (χ3n) is 6.53. The summed E-state index contributed by atoms with van der Waals surface area (Å²) in [6.45, 7) is -3.48. The number of rotatable bonds is 20. The Labute approximate surface area is 331 Å². The van der Waals surface area contributed by atoms with E-state index >= 15 is 0 Å². The summed E-state index contributed by atoms with van der Waals surface area (Å²) < 4.78 is 277. The van der Waals surface area contributed by atoms with Gasteiger partial charge >= 0.3 is 72.8 Å². The summed E-state index contributed by atoms with van der Waals surface area (Å²) in [6.07, 6.45) is -26.5. The fraction of sp³-hybridized carbons (Fsp3) is 0.667. The van der Waals surface area contributed by atoms with Crippen LogP contribution in [0.15, 0.2) is 29.2 Å². The summed E-state index contributed by atoms with van der Waals surface area (Å²) >= 11 is 0.332. The molecule has 58 heavy (non-hydrogen) atoms. The number of nitrogens with two attached hydrogens (primary N) is 1. The number of ether oxygens (including phenoxy) is 3. The van der Waals surface area contributed by atoms with Gasteiger partial charge in [0.05, 0.1) is 13.2 Å². The minimum atomic E-state index is -6.11. The minimum absolute atomic E-state index is 0.0107. The molecule has 0 aromatic heterocycles. The smallest absolute Gasteiger partial charge is 0.397 e. The Morgan fingerprint density at radius 3 is 1.26 bits per heavy atom. The first-order valence-electron chi connectivity index (χ1n) is 14.0. The van der Waals surface area contributed by atoms with Crippen molar-refractivity contribution in [2.24, 2.45) is 0 Å². The molecule has 0 amide bonds. The molecule has 10 atom stereocenters. The van der Waals surface area contributed by atoms with Gasteiger partial charge in [-0.25, -0.2) is 29.3 Å². The second-order valence-corrected chi connectivity index (χ2v) is 19.3. The highest BCUT2D eigenvalue weighted by Gasteiger charge is 2.58. The quantitative estimate of drug-likeness (QED) is 0.0453. The van der Waals surface area contributed by atoms with E-state index in [1.165, 1.54) is 24.3 Å². The summed E-state index contributed by atoms with van der Waals surface area (Å²) in [5.41, 5.74) is 3.61. The predicted octanol–water partition coefficient (Wildman–Crippen LogP) is -4.23. The molecule has 3 rings (SSSR count). The van der Waals surface area contributed by atoms with E-state index in [1.54, 1.807) is 0 Å². The average Bonchev–Trinajstić information content (AvgIpc) is 2.98. The molecule has 32 nitrogen and oxygen atoms in total. The number of benzene rings is 1. The molecule has 1 aromatic rings. The van der Waals surface area contributed by atoms with Gasteiger partial charge in [0.2, 0.25) is 0 Å². The Morgan fingerprint density at radius 2 is 0.845 bits per heavy atom. The van der Waals surface area contributed by atoms with Crippen LogP contribution in [0.3, 0.4) is 0 Å². The van der Waals surface area contributed by atoms with Crippen LogP contribution in [0.5, 0.6) is 0 Å². The van der Waals surface area contributed by atoms with Crippen LogP contribution >= 0.6 is 11.8 Å². The zero-order valence-electron chi connectivity index (χ0n) is 27.3. The van der Waals surface area contributed by atoms with Crippen LogP contribution in [0.1, 0.15) is 0 Å². The Hall–Kier alpha value is -1.66. The molecule has 2 heterocycles. The van der Waals surface area contributed by atoms with Gasteiger partial charge in [-0.15, -0.1) is 0 Å².